The third kappa shape index (κ3) is 2.74. The van der Waals surface area contributed by atoms with Gasteiger partial charge in [0.2, 0.25) is 0 Å². The minimum atomic E-state index is -0.144. The van der Waals surface area contributed by atoms with Crippen molar-refractivity contribution in [2.75, 3.05) is 45.2 Å². The molecule has 5 nitrogen and oxygen atoms in total. The molecule has 1 aromatic heterocycles. The summed E-state index contributed by atoms with van der Waals surface area (Å²) in [5.74, 6) is -0.144. The van der Waals surface area contributed by atoms with Gasteiger partial charge >= 0.3 is 0 Å². The van der Waals surface area contributed by atoms with Crippen molar-refractivity contribution in [1.29, 1.82) is 0 Å². The molecule has 0 spiro atoms. The first-order chi connectivity index (χ1) is 8.20. The molecular formula is C12H18N4O. The van der Waals surface area contributed by atoms with E-state index >= 15 is 0 Å². The quantitative estimate of drug-likeness (QED) is 0.794. The van der Waals surface area contributed by atoms with Gasteiger partial charge in [0, 0.05) is 33.2 Å². The minimum absolute atomic E-state index is 0.144. The van der Waals surface area contributed by atoms with Crippen LogP contribution in [0.3, 0.4) is 0 Å². The normalized spacial score (nSPS) is 16.9. The molecule has 0 bridgehead atoms. The number of nitrogens with zero attached hydrogens (tertiary/aromatic N) is 3. The van der Waals surface area contributed by atoms with Gasteiger partial charge in [-0.2, -0.15) is 0 Å². The average molecular weight is 234 g/mol. The largest absolute Gasteiger partial charge is 0.368 e. The van der Waals surface area contributed by atoms with Crippen LogP contribution in [0.1, 0.15) is 10.5 Å². The standard InChI is InChI=1S/C12H18N4O/c1-13-12(17)11-4-3-10(9-14-11)16-7-5-15(2)6-8-16/h3-4,9H,5-8H2,1-2H3,(H,13,17). The maximum atomic E-state index is 11.4. The lowest BCUT2D eigenvalue weighted by atomic mass is 10.2. The molecule has 1 aliphatic heterocycles. The van der Waals surface area contributed by atoms with Crippen molar-refractivity contribution in [2.24, 2.45) is 0 Å². The number of hydrogen-bond acceptors (Lipinski definition) is 4. The second-order valence-corrected chi connectivity index (χ2v) is 4.27. The van der Waals surface area contributed by atoms with Crippen LogP contribution in [-0.2, 0) is 0 Å². The first kappa shape index (κ1) is 11.9. The van der Waals surface area contributed by atoms with E-state index in [2.05, 4.69) is 27.1 Å². The molecule has 0 radical (unpaired) electrons. The highest BCUT2D eigenvalue weighted by molar-refractivity contribution is 5.92. The van der Waals surface area contributed by atoms with Crippen molar-refractivity contribution in [1.82, 2.24) is 15.2 Å². The maximum Gasteiger partial charge on any atom is 0.269 e. The smallest absolute Gasteiger partial charge is 0.269 e. The average Bonchev–Trinajstić information content (AvgIpc) is 2.39. The summed E-state index contributed by atoms with van der Waals surface area (Å²) >= 11 is 0. The summed E-state index contributed by atoms with van der Waals surface area (Å²) in [6.45, 7) is 4.16. The molecule has 1 aliphatic rings. The molecule has 1 N–H and O–H groups in total. The SMILES string of the molecule is CNC(=O)c1ccc(N2CCN(C)CC2)cn1. The lowest BCUT2D eigenvalue weighted by molar-refractivity contribution is 0.0958. The topological polar surface area (TPSA) is 48.5 Å². The third-order valence-corrected chi connectivity index (χ3v) is 3.08. The number of nitrogens with one attached hydrogen (secondary N) is 1. The number of piperazine rings is 1. The Morgan fingerprint density at radius 2 is 2.00 bits per heavy atom. The van der Waals surface area contributed by atoms with Crippen molar-refractivity contribution in [3.63, 3.8) is 0 Å². The third-order valence-electron chi connectivity index (χ3n) is 3.08. The highest BCUT2D eigenvalue weighted by Crippen LogP contribution is 2.14. The van der Waals surface area contributed by atoms with E-state index in [0.29, 0.717) is 5.69 Å². The van der Waals surface area contributed by atoms with Gasteiger partial charge in [-0.1, -0.05) is 0 Å². The molecule has 5 heteroatoms. The van der Waals surface area contributed by atoms with E-state index in [1.54, 1.807) is 19.3 Å². The van der Waals surface area contributed by atoms with Gasteiger partial charge < -0.3 is 15.1 Å². The van der Waals surface area contributed by atoms with Gasteiger partial charge in [-0.15, -0.1) is 0 Å². The second-order valence-electron chi connectivity index (χ2n) is 4.27. The number of hydrogen-bond donors (Lipinski definition) is 1. The molecule has 0 unspecified atom stereocenters. The Hall–Kier alpha value is -1.62. The predicted molar refractivity (Wildman–Crippen MR) is 67.3 cm³/mol. The number of likely N-dealkylation sites (N-methyl/N-ethyl adjacent to an activating group) is 1. The molecule has 0 aromatic carbocycles. The number of carbonyl (C=O) groups excluding carboxylic acids is 1. The summed E-state index contributed by atoms with van der Waals surface area (Å²) < 4.78 is 0. The first-order valence-corrected chi connectivity index (χ1v) is 5.82. The van der Waals surface area contributed by atoms with Gasteiger partial charge in [-0.05, 0) is 19.2 Å². The Balaban J connectivity index is 2.05. The predicted octanol–water partition coefficient (Wildman–Crippen LogP) is 0.193. The van der Waals surface area contributed by atoms with Crippen molar-refractivity contribution in [3.8, 4) is 0 Å². The van der Waals surface area contributed by atoms with Gasteiger partial charge in [-0.25, -0.2) is 4.98 Å². The number of amides is 1. The lowest BCUT2D eigenvalue weighted by Crippen LogP contribution is -2.44. The molecule has 2 heterocycles. The lowest BCUT2D eigenvalue weighted by Gasteiger charge is -2.33. The van der Waals surface area contributed by atoms with E-state index in [-0.39, 0.29) is 5.91 Å². The van der Waals surface area contributed by atoms with E-state index < -0.39 is 0 Å². The molecule has 0 saturated carbocycles. The Bertz CT molecular complexity index is 382. The van der Waals surface area contributed by atoms with Crippen LogP contribution in [0.5, 0.6) is 0 Å². The van der Waals surface area contributed by atoms with Crippen LogP contribution in [0.2, 0.25) is 0 Å². The first-order valence-electron chi connectivity index (χ1n) is 5.82. The zero-order valence-corrected chi connectivity index (χ0v) is 10.3. The number of aromatic nitrogens is 1. The van der Waals surface area contributed by atoms with Gasteiger partial charge in [0.05, 0.1) is 11.9 Å². The van der Waals surface area contributed by atoms with Gasteiger partial charge in [0.1, 0.15) is 5.69 Å². The van der Waals surface area contributed by atoms with Crippen molar-refractivity contribution < 1.29 is 4.79 Å². The van der Waals surface area contributed by atoms with E-state index in [0.717, 1.165) is 31.9 Å². The van der Waals surface area contributed by atoms with Crippen LogP contribution in [0.4, 0.5) is 5.69 Å². The summed E-state index contributed by atoms with van der Waals surface area (Å²) in [6, 6.07) is 3.73. The summed E-state index contributed by atoms with van der Waals surface area (Å²) in [7, 11) is 3.74. The summed E-state index contributed by atoms with van der Waals surface area (Å²) in [5, 5.41) is 2.56. The van der Waals surface area contributed by atoms with Crippen LogP contribution in [0.15, 0.2) is 18.3 Å². The zero-order chi connectivity index (χ0) is 12.3. The van der Waals surface area contributed by atoms with E-state index in [4.69, 9.17) is 0 Å². The Morgan fingerprint density at radius 1 is 1.29 bits per heavy atom. The van der Waals surface area contributed by atoms with Gasteiger partial charge in [-0.3, -0.25) is 4.79 Å². The Morgan fingerprint density at radius 3 is 2.53 bits per heavy atom. The fraction of sp³-hybridized carbons (Fsp3) is 0.500. The summed E-state index contributed by atoms with van der Waals surface area (Å²) in [6.07, 6.45) is 1.77. The molecule has 17 heavy (non-hydrogen) atoms. The number of carbonyl (C=O) groups is 1. The summed E-state index contributed by atoms with van der Waals surface area (Å²) in [4.78, 5) is 20.1. The molecular weight excluding hydrogens is 216 g/mol. The van der Waals surface area contributed by atoms with Gasteiger partial charge in [0.15, 0.2) is 0 Å². The highest BCUT2D eigenvalue weighted by Gasteiger charge is 2.14. The maximum absolute atomic E-state index is 11.4. The number of rotatable bonds is 2. The van der Waals surface area contributed by atoms with Crippen molar-refractivity contribution in [3.05, 3.63) is 24.0 Å². The molecule has 1 aromatic rings. The van der Waals surface area contributed by atoms with Gasteiger partial charge in [0.25, 0.3) is 5.91 Å². The van der Waals surface area contributed by atoms with Crippen LogP contribution in [-0.4, -0.2) is 56.1 Å². The monoisotopic (exact) mass is 234 g/mol. The van der Waals surface area contributed by atoms with Crippen LogP contribution in [0.25, 0.3) is 0 Å². The molecule has 1 saturated heterocycles. The van der Waals surface area contributed by atoms with Crippen molar-refractivity contribution in [2.45, 2.75) is 0 Å². The second kappa shape index (κ2) is 5.14. The molecule has 92 valence electrons. The summed E-state index contributed by atoms with van der Waals surface area (Å²) in [5.41, 5.74) is 1.55. The molecule has 1 amide bonds. The molecule has 2 rings (SSSR count). The number of anilines is 1. The fourth-order valence-corrected chi connectivity index (χ4v) is 1.90. The van der Waals surface area contributed by atoms with Crippen LogP contribution >= 0.6 is 0 Å². The van der Waals surface area contributed by atoms with E-state index in [1.807, 2.05) is 6.07 Å². The zero-order valence-electron chi connectivity index (χ0n) is 10.3. The minimum Gasteiger partial charge on any atom is -0.368 e. The molecule has 0 aliphatic carbocycles. The number of pyridine rings is 1. The fourth-order valence-electron chi connectivity index (χ4n) is 1.90. The van der Waals surface area contributed by atoms with E-state index in [9.17, 15) is 4.79 Å². The van der Waals surface area contributed by atoms with Crippen LogP contribution in [0, 0.1) is 0 Å². The Labute approximate surface area is 101 Å². The molecule has 0 atom stereocenters. The highest BCUT2D eigenvalue weighted by atomic mass is 16.1. The van der Waals surface area contributed by atoms with Crippen molar-refractivity contribution >= 4 is 11.6 Å². The van der Waals surface area contributed by atoms with Crippen LogP contribution < -0.4 is 10.2 Å². The molecule has 1 fully saturated rings. The van der Waals surface area contributed by atoms with E-state index in [1.165, 1.54) is 0 Å². The Kier molecular flexibility index (Phi) is 3.58.